The van der Waals surface area contributed by atoms with Gasteiger partial charge in [-0.05, 0) is 5.92 Å². The summed E-state index contributed by atoms with van der Waals surface area (Å²) in [6.45, 7) is -4.23. The van der Waals surface area contributed by atoms with Crippen LogP contribution in [0.4, 0.5) is 12.9 Å². The van der Waals surface area contributed by atoms with Gasteiger partial charge in [0, 0.05) is 0 Å². The Morgan fingerprint density at radius 1 is 1.18 bits per heavy atom. The fourth-order valence-corrected chi connectivity index (χ4v) is 1.05. The molecule has 0 radical (unpaired) electrons. The molecule has 0 saturated carbocycles. The van der Waals surface area contributed by atoms with E-state index in [0.717, 1.165) is 0 Å². The second kappa shape index (κ2) is 3.45. The zero-order chi connectivity index (χ0) is 8.32. The van der Waals surface area contributed by atoms with Gasteiger partial charge in [-0.15, -0.1) is 0 Å². The average Bonchev–Trinajstić information content (AvgIpc) is 1.85. The monoisotopic (exact) mass is 169 g/mol. The lowest BCUT2D eigenvalue weighted by atomic mass is 9.78. The molecule has 0 bridgehead atoms. The summed E-state index contributed by atoms with van der Waals surface area (Å²) in [5.74, 6) is -0.497. The Balaban J connectivity index is 2.24. The van der Waals surface area contributed by atoms with E-state index in [0.29, 0.717) is 0 Å². The number of hydrogen-bond acceptors (Lipinski definition) is 2. The Hall–Kier alpha value is -0.225. The van der Waals surface area contributed by atoms with E-state index in [1.807, 2.05) is 0 Å². The minimum absolute atomic E-state index is 0.126. The van der Waals surface area contributed by atoms with Gasteiger partial charge in [-0.2, -0.15) is 0 Å². The van der Waals surface area contributed by atoms with Crippen molar-refractivity contribution in [3.8, 4) is 0 Å². The predicted octanol–water partition coefficient (Wildman–Crippen LogP) is 1.45. The molecule has 1 rings (SSSR count). The predicted molar refractivity (Wildman–Crippen MR) is 34.1 cm³/mol. The summed E-state index contributed by atoms with van der Waals surface area (Å²) in [4.78, 5) is 0. The molecule has 0 amide bonds. The summed E-state index contributed by atoms with van der Waals surface area (Å²) >= 11 is 0. The molecule has 0 aromatic rings. The van der Waals surface area contributed by atoms with Gasteiger partial charge >= 0.3 is 6.98 Å². The zero-order valence-electron chi connectivity index (χ0n) is 5.93. The van der Waals surface area contributed by atoms with Crippen LogP contribution in [0.25, 0.3) is 0 Å². The molecular weight excluding hydrogens is 160 g/mol. The first-order valence-electron chi connectivity index (χ1n) is 3.44. The maximum atomic E-state index is 11.8. The smallest absolute Gasteiger partial charge is 0.449 e. The molecule has 0 unspecified atom stereocenters. The average molecular weight is 169 g/mol. The lowest BCUT2D eigenvalue weighted by Gasteiger charge is -2.26. The lowest BCUT2D eigenvalue weighted by Crippen LogP contribution is -2.30. The van der Waals surface area contributed by atoms with Crippen LogP contribution < -0.4 is 0 Å². The van der Waals surface area contributed by atoms with Crippen LogP contribution in [0, 0.1) is 5.92 Å². The van der Waals surface area contributed by atoms with Crippen molar-refractivity contribution in [1.82, 2.24) is 0 Å². The first-order valence-corrected chi connectivity index (χ1v) is 3.44. The summed E-state index contributed by atoms with van der Waals surface area (Å²) in [5.41, 5.74) is 0. The highest BCUT2D eigenvalue weighted by molar-refractivity contribution is 6.58. The minimum atomic E-state index is -4.69. The van der Waals surface area contributed by atoms with Crippen molar-refractivity contribution in [2.45, 2.75) is 6.32 Å². The van der Waals surface area contributed by atoms with E-state index < -0.39 is 19.2 Å². The van der Waals surface area contributed by atoms with E-state index >= 15 is 0 Å². The molecule has 66 valence electrons. The van der Waals surface area contributed by atoms with E-state index in [4.69, 9.17) is 9.47 Å². The van der Waals surface area contributed by atoms with Crippen molar-refractivity contribution in [1.29, 1.82) is 0 Å². The highest BCUT2D eigenvalue weighted by Gasteiger charge is 2.28. The van der Waals surface area contributed by atoms with Crippen LogP contribution in [0.15, 0.2) is 0 Å². The van der Waals surface area contributed by atoms with Crippen molar-refractivity contribution in [3.63, 3.8) is 0 Å². The summed E-state index contributed by atoms with van der Waals surface area (Å²) in [6, 6.07) is 0. The third-order valence-corrected chi connectivity index (χ3v) is 1.47. The van der Waals surface area contributed by atoms with Crippen molar-refractivity contribution in [2.24, 2.45) is 5.92 Å². The number of ether oxygens (including phenoxy) is 2. The summed E-state index contributed by atoms with van der Waals surface area (Å²) in [6.07, 6.45) is -0.750. The topological polar surface area (TPSA) is 18.5 Å². The Bertz CT molecular complexity index is 121. The van der Waals surface area contributed by atoms with Crippen LogP contribution in [-0.2, 0) is 9.47 Å². The van der Waals surface area contributed by atoms with Gasteiger partial charge in [0.2, 0.25) is 0 Å². The Morgan fingerprint density at radius 3 is 2.18 bits per heavy atom. The summed E-state index contributed by atoms with van der Waals surface area (Å²) in [7, 11) is 0. The lowest BCUT2D eigenvalue weighted by molar-refractivity contribution is -0.122. The molecule has 1 saturated heterocycles. The van der Waals surface area contributed by atoms with Gasteiger partial charge in [0.1, 0.15) is 6.79 Å². The molecule has 1 heterocycles. The number of rotatable bonds is 2. The first-order chi connectivity index (χ1) is 5.08. The normalized spacial score (nSPS) is 22.1. The molecular formula is C5H9BF3O2-. The molecule has 0 aliphatic carbocycles. The highest BCUT2D eigenvalue weighted by Crippen LogP contribution is 2.23. The fraction of sp³-hybridized carbons (Fsp3) is 1.00. The largest absolute Gasteiger partial charge is 0.478 e. The molecule has 0 spiro atoms. The standard InChI is InChI=1S/C5H9BF3O2/c7-6(8,9)1-5-2-10-4-11-3-5/h5H,1-4H2/q-1. The fourth-order valence-electron chi connectivity index (χ4n) is 1.05. The van der Waals surface area contributed by atoms with Crippen LogP contribution in [0.1, 0.15) is 0 Å². The molecule has 0 aromatic heterocycles. The van der Waals surface area contributed by atoms with Crippen LogP contribution in [0.3, 0.4) is 0 Å². The maximum Gasteiger partial charge on any atom is 0.478 e. The van der Waals surface area contributed by atoms with Crippen molar-refractivity contribution in [3.05, 3.63) is 0 Å². The second-order valence-corrected chi connectivity index (χ2v) is 2.67. The molecule has 1 fully saturated rings. The van der Waals surface area contributed by atoms with Crippen LogP contribution in [0.2, 0.25) is 6.32 Å². The third-order valence-electron chi connectivity index (χ3n) is 1.47. The molecule has 1 aliphatic heterocycles. The van der Waals surface area contributed by atoms with Gasteiger partial charge in [0.15, 0.2) is 0 Å². The summed E-state index contributed by atoms with van der Waals surface area (Å²) in [5, 5.41) is 0. The van der Waals surface area contributed by atoms with Crippen LogP contribution >= 0.6 is 0 Å². The molecule has 0 atom stereocenters. The van der Waals surface area contributed by atoms with Gasteiger partial charge in [0.05, 0.1) is 13.2 Å². The second-order valence-electron chi connectivity index (χ2n) is 2.67. The van der Waals surface area contributed by atoms with Gasteiger partial charge < -0.3 is 22.4 Å². The molecule has 1 aliphatic rings. The molecule has 6 heteroatoms. The Kier molecular flexibility index (Phi) is 2.78. The van der Waals surface area contributed by atoms with Crippen LogP contribution in [-0.4, -0.2) is 27.0 Å². The molecule has 0 N–H and O–H groups in total. The first kappa shape index (κ1) is 8.87. The van der Waals surface area contributed by atoms with E-state index in [-0.39, 0.29) is 20.0 Å². The minimum Gasteiger partial charge on any atom is -0.449 e. The molecule has 11 heavy (non-hydrogen) atoms. The van der Waals surface area contributed by atoms with Gasteiger partial charge in [-0.25, -0.2) is 0 Å². The van der Waals surface area contributed by atoms with E-state index in [1.54, 1.807) is 0 Å². The highest BCUT2D eigenvalue weighted by atomic mass is 19.4. The third kappa shape index (κ3) is 3.62. The Labute approximate surface area is 62.7 Å². The van der Waals surface area contributed by atoms with Crippen molar-refractivity contribution < 1.29 is 22.4 Å². The van der Waals surface area contributed by atoms with Crippen molar-refractivity contribution in [2.75, 3.05) is 20.0 Å². The maximum absolute atomic E-state index is 11.8. The van der Waals surface area contributed by atoms with Gasteiger partial charge in [0.25, 0.3) is 0 Å². The van der Waals surface area contributed by atoms with E-state index in [2.05, 4.69) is 0 Å². The van der Waals surface area contributed by atoms with Gasteiger partial charge in [-0.1, -0.05) is 6.32 Å². The van der Waals surface area contributed by atoms with E-state index in [9.17, 15) is 12.9 Å². The molecule has 0 aromatic carbocycles. The SMILES string of the molecule is F[B-](F)(F)CC1COCOC1. The number of halogens is 3. The quantitative estimate of drug-likeness (QED) is 0.582. The van der Waals surface area contributed by atoms with Crippen molar-refractivity contribution >= 4 is 6.98 Å². The zero-order valence-corrected chi connectivity index (χ0v) is 5.93. The summed E-state index contributed by atoms with van der Waals surface area (Å²) < 4.78 is 44.8. The van der Waals surface area contributed by atoms with E-state index in [1.165, 1.54) is 0 Å². The molecule has 2 nitrogen and oxygen atoms in total. The van der Waals surface area contributed by atoms with Gasteiger partial charge in [-0.3, -0.25) is 0 Å². The van der Waals surface area contributed by atoms with Crippen LogP contribution in [0.5, 0.6) is 0 Å². The Morgan fingerprint density at radius 2 is 1.73 bits per heavy atom. The number of hydrogen-bond donors (Lipinski definition) is 0.